The van der Waals surface area contributed by atoms with Gasteiger partial charge in [0.1, 0.15) is 17.2 Å². The van der Waals surface area contributed by atoms with E-state index < -0.39 is 0 Å². The van der Waals surface area contributed by atoms with Gasteiger partial charge in [0, 0.05) is 35.3 Å². The fraction of sp³-hybridized carbons (Fsp3) is 0.227. The molecule has 2 aromatic carbocycles. The Bertz CT molecular complexity index is 1060. The Kier molecular flexibility index (Phi) is 4.36. The highest BCUT2D eigenvalue weighted by atomic mass is 16.5. The Hall–Kier alpha value is -3.21. The first-order chi connectivity index (χ1) is 13.1. The normalized spacial score (nSPS) is 14.5. The van der Waals surface area contributed by atoms with Gasteiger partial charge in [0.15, 0.2) is 5.76 Å². The van der Waals surface area contributed by atoms with Gasteiger partial charge in [-0.3, -0.25) is 4.79 Å². The van der Waals surface area contributed by atoms with Crippen LogP contribution in [-0.4, -0.2) is 24.1 Å². The Balaban J connectivity index is 1.76. The largest absolute Gasteiger partial charge is 0.497 e. The van der Waals surface area contributed by atoms with E-state index in [1.807, 2.05) is 31.3 Å². The van der Waals surface area contributed by atoms with E-state index in [1.165, 1.54) is 0 Å². The number of ketones is 1. The summed E-state index contributed by atoms with van der Waals surface area (Å²) < 4.78 is 18.8. The third-order valence-corrected chi connectivity index (χ3v) is 4.70. The molecule has 0 atom stereocenters. The Morgan fingerprint density at radius 2 is 1.93 bits per heavy atom. The van der Waals surface area contributed by atoms with Gasteiger partial charge in [-0.05, 0) is 50.3 Å². The molecule has 4 rings (SSSR count). The highest BCUT2D eigenvalue weighted by molar-refractivity contribution is 6.15. The van der Waals surface area contributed by atoms with Gasteiger partial charge in [0.05, 0.1) is 19.3 Å². The molecule has 0 N–H and O–H groups in total. The second-order valence-corrected chi connectivity index (χ2v) is 6.28. The van der Waals surface area contributed by atoms with Crippen molar-refractivity contribution in [1.82, 2.24) is 4.57 Å². The highest BCUT2D eigenvalue weighted by Gasteiger charge is 2.28. The molecule has 0 unspecified atom stereocenters. The van der Waals surface area contributed by atoms with Crippen LogP contribution in [0.25, 0.3) is 17.0 Å². The summed E-state index contributed by atoms with van der Waals surface area (Å²) in [5.41, 5.74) is 2.57. The summed E-state index contributed by atoms with van der Waals surface area (Å²) in [6.07, 6.45) is 3.83. The van der Waals surface area contributed by atoms with Crippen molar-refractivity contribution in [2.24, 2.45) is 0 Å². The number of hydrogen-bond donors (Lipinski definition) is 0. The van der Waals surface area contributed by atoms with Crippen molar-refractivity contribution in [1.29, 1.82) is 0 Å². The number of ether oxygens (including phenoxy) is 3. The number of nitrogens with zero attached hydrogens (tertiary/aromatic N) is 1. The maximum atomic E-state index is 12.7. The molecule has 27 heavy (non-hydrogen) atoms. The molecule has 1 aromatic heterocycles. The molecule has 0 bridgehead atoms. The first kappa shape index (κ1) is 17.2. The van der Waals surface area contributed by atoms with Gasteiger partial charge < -0.3 is 18.8 Å². The van der Waals surface area contributed by atoms with Crippen molar-refractivity contribution in [3.8, 4) is 17.2 Å². The summed E-state index contributed by atoms with van der Waals surface area (Å²) in [4.78, 5) is 12.7. The summed E-state index contributed by atoms with van der Waals surface area (Å²) >= 11 is 0. The van der Waals surface area contributed by atoms with Gasteiger partial charge in [0.2, 0.25) is 5.78 Å². The fourth-order valence-electron chi connectivity index (χ4n) is 3.37. The number of Topliss-reactive ketones (excluding diaryl/α,β-unsaturated/α-hetero) is 1. The predicted octanol–water partition coefficient (Wildman–Crippen LogP) is 4.68. The van der Waals surface area contributed by atoms with Gasteiger partial charge in [-0.15, -0.1) is 0 Å². The second-order valence-electron chi connectivity index (χ2n) is 6.28. The van der Waals surface area contributed by atoms with Crippen LogP contribution in [0.15, 0.2) is 48.4 Å². The smallest absolute Gasteiger partial charge is 0.231 e. The van der Waals surface area contributed by atoms with Crippen LogP contribution in [0, 0.1) is 0 Å². The summed E-state index contributed by atoms with van der Waals surface area (Å²) in [7, 11) is 1.65. The minimum Gasteiger partial charge on any atom is -0.497 e. The molecular formula is C22H21NO4. The molecule has 0 spiro atoms. The van der Waals surface area contributed by atoms with E-state index in [4.69, 9.17) is 14.2 Å². The minimum atomic E-state index is -0.117. The van der Waals surface area contributed by atoms with Crippen molar-refractivity contribution in [2.45, 2.75) is 20.4 Å². The van der Waals surface area contributed by atoms with Crippen LogP contribution >= 0.6 is 0 Å². The zero-order chi connectivity index (χ0) is 19.0. The number of aromatic nitrogens is 1. The highest BCUT2D eigenvalue weighted by Crippen LogP contribution is 2.36. The van der Waals surface area contributed by atoms with Crippen LogP contribution in [-0.2, 0) is 6.54 Å². The molecule has 5 heteroatoms. The van der Waals surface area contributed by atoms with E-state index in [-0.39, 0.29) is 5.78 Å². The SMILES string of the molecule is CCOc1ccc2c(c1)O/C(=C\c1cn(CC)c3ccc(OC)cc13)C2=O. The van der Waals surface area contributed by atoms with Gasteiger partial charge in [0.25, 0.3) is 0 Å². The number of rotatable bonds is 5. The third kappa shape index (κ3) is 2.95. The molecule has 0 fully saturated rings. The lowest BCUT2D eigenvalue weighted by Crippen LogP contribution is -1.97. The second kappa shape index (κ2) is 6.83. The summed E-state index contributed by atoms with van der Waals surface area (Å²) in [5.74, 6) is 2.20. The maximum Gasteiger partial charge on any atom is 0.231 e. The van der Waals surface area contributed by atoms with Gasteiger partial charge in [-0.25, -0.2) is 0 Å². The first-order valence-electron chi connectivity index (χ1n) is 9.02. The van der Waals surface area contributed by atoms with E-state index in [9.17, 15) is 4.79 Å². The monoisotopic (exact) mass is 363 g/mol. The Labute approximate surface area is 157 Å². The van der Waals surface area contributed by atoms with Crippen LogP contribution in [0.2, 0.25) is 0 Å². The molecule has 138 valence electrons. The number of allylic oxidation sites excluding steroid dienone is 1. The molecule has 1 aliphatic rings. The maximum absolute atomic E-state index is 12.7. The number of carbonyl (C=O) groups is 1. The summed E-state index contributed by atoms with van der Waals surface area (Å²) in [6.45, 7) is 5.40. The zero-order valence-corrected chi connectivity index (χ0v) is 15.6. The minimum absolute atomic E-state index is 0.117. The standard InChI is InChI=1S/C22H21NO4/c1-4-23-13-14(18-11-15(25-3)7-9-19(18)23)10-21-22(24)17-8-6-16(26-5-2)12-20(17)27-21/h6-13H,4-5H2,1-3H3/b21-10-. The molecule has 1 aliphatic heterocycles. The third-order valence-electron chi connectivity index (χ3n) is 4.70. The number of benzene rings is 2. The van der Waals surface area contributed by atoms with Crippen LogP contribution in [0.4, 0.5) is 0 Å². The molecule has 5 nitrogen and oxygen atoms in total. The van der Waals surface area contributed by atoms with E-state index in [1.54, 1.807) is 31.4 Å². The number of methoxy groups -OCH3 is 1. The molecule has 0 aliphatic carbocycles. The van der Waals surface area contributed by atoms with E-state index >= 15 is 0 Å². The van der Waals surface area contributed by atoms with E-state index in [0.717, 1.165) is 28.8 Å². The predicted molar refractivity (Wildman–Crippen MR) is 105 cm³/mol. The Morgan fingerprint density at radius 1 is 1.11 bits per heavy atom. The van der Waals surface area contributed by atoms with Crippen molar-refractivity contribution < 1.29 is 19.0 Å². The quantitative estimate of drug-likeness (QED) is 0.617. The Morgan fingerprint density at radius 3 is 2.67 bits per heavy atom. The average Bonchev–Trinajstić information content (AvgIpc) is 3.19. The molecular weight excluding hydrogens is 342 g/mol. The summed E-state index contributed by atoms with van der Waals surface area (Å²) in [6, 6.07) is 11.2. The lowest BCUT2D eigenvalue weighted by molar-refractivity contribution is 0.101. The molecule has 0 saturated carbocycles. The molecule has 0 amide bonds. The van der Waals surface area contributed by atoms with Crippen molar-refractivity contribution >= 4 is 22.8 Å². The topological polar surface area (TPSA) is 49.7 Å². The van der Waals surface area contributed by atoms with Crippen LogP contribution in [0.3, 0.4) is 0 Å². The number of hydrogen-bond acceptors (Lipinski definition) is 4. The number of carbonyl (C=O) groups excluding carboxylic acids is 1. The van der Waals surface area contributed by atoms with Crippen molar-refractivity contribution in [3.63, 3.8) is 0 Å². The molecule has 3 aromatic rings. The van der Waals surface area contributed by atoms with Crippen LogP contribution < -0.4 is 14.2 Å². The van der Waals surface area contributed by atoms with Crippen LogP contribution in [0.1, 0.15) is 29.8 Å². The molecule has 2 heterocycles. The zero-order valence-electron chi connectivity index (χ0n) is 15.6. The summed E-state index contributed by atoms with van der Waals surface area (Å²) in [5, 5.41) is 1.02. The average molecular weight is 363 g/mol. The van der Waals surface area contributed by atoms with Crippen molar-refractivity contribution in [2.75, 3.05) is 13.7 Å². The lowest BCUT2D eigenvalue weighted by atomic mass is 10.1. The molecule has 0 radical (unpaired) electrons. The lowest BCUT2D eigenvalue weighted by Gasteiger charge is -2.04. The number of fused-ring (bicyclic) bond motifs is 2. The van der Waals surface area contributed by atoms with E-state index in [2.05, 4.69) is 11.5 Å². The molecule has 0 saturated heterocycles. The first-order valence-corrected chi connectivity index (χ1v) is 9.02. The number of aryl methyl sites for hydroxylation is 1. The van der Waals surface area contributed by atoms with Gasteiger partial charge in [-0.2, -0.15) is 0 Å². The fourth-order valence-corrected chi connectivity index (χ4v) is 3.37. The van der Waals surface area contributed by atoms with E-state index in [0.29, 0.717) is 29.4 Å². The van der Waals surface area contributed by atoms with Gasteiger partial charge >= 0.3 is 0 Å². The van der Waals surface area contributed by atoms with Crippen LogP contribution in [0.5, 0.6) is 17.2 Å². The van der Waals surface area contributed by atoms with Crippen molar-refractivity contribution in [3.05, 3.63) is 59.5 Å². The van der Waals surface area contributed by atoms with Gasteiger partial charge in [-0.1, -0.05) is 0 Å².